The summed E-state index contributed by atoms with van der Waals surface area (Å²) in [6, 6.07) is 0. The Morgan fingerprint density at radius 3 is 2.13 bits per heavy atom. The van der Waals surface area contributed by atoms with Gasteiger partial charge < -0.3 is 4.74 Å². The molecule has 6 atom stereocenters. The van der Waals surface area contributed by atoms with E-state index in [2.05, 4.69) is 9.36 Å². The fourth-order valence-corrected chi connectivity index (χ4v) is 9.01. The van der Waals surface area contributed by atoms with Crippen molar-refractivity contribution in [1.82, 2.24) is 9.36 Å². The Morgan fingerprint density at radius 1 is 1.07 bits per heavy atom. The fraction of sp³-hybridized carbons (Fsp3) is 0.733. The molecule has 0 spiro atoms. The minimum absolute atomic E-state index is 0.154. The van der Waals surface area contributed by atoms with Crippen molar-refractivity contribution in [3.63, 3.8) is 0 Å². The van der Waals surface area contributed by atoms with E-state index >= 15 is 0 Å². The smallest absolute Gasteiger partial charge is 0.293 e. The van der Waals surface area contributed by atoms with Crippen LogP contribution in [0.3, 0.4) is 0 Å². The summed E-state index contributed by atoms with van der Waals surface area (Å²) in [5.41, 5.74) is 0. The molecule has 6 unspecified atom stereocenters. The maximum atomic E-state index is 6.62. The van der Waals surface area contributed by atoms with Crippen LogP contribution in [-0.2, 0) is 3.79 Å². The molecule has 0 aromatic carbocycles. The summed E-state index contributed by atoms with van der Waals surface area (Å²) in [5, 5.41) is 0.156. The van der Waals surface area contributed by atoms with Crippen molar-refractivity contribution in [1.29, 1.82) is 0 Å². The largest absolute Gasteiger partial charge is 0.469 e. The fourth-order valence-electron chi connectivity index (χ4n) is 3.99. The van der Waals surface area contributed by atoms with Crippen LogP contribution < -0.4 is 4.74 Å². The van der Waals surface area contributed by atoms with Crippen LogP contribution >= 0.6 is 139 Å². The van der Waals surface area contributed by atoms with E-state index in [0.717, 1.165) is 11.5 Å². The first-order chi connectivity index (χ1) is 13.7. The molecule has 0 amide bonds. The molecule has 170 valence electrons. The molecule has 3 aliphatic carbocycles. The highest BCUT2D eigenvalue weighted by Gasteiger charge is 2.84. The quantitative estimate of drug-likeness (QED) is 0.300. The van der Waals surface area contributed by atoms with Gasteiger partial charge in [0.25, 0.3) is 8.99 Å². The number of fused-ring (bicyclic) bond motifs is 5. The Labute approximate surface area is 232 Å². The summed E-state index contributed by atoms with van der Waals surface area (Å²) >= 11 is 68.7. The van der Waals surface area contributed by atoms with Gasteiger partial charge >= 0.3 is 0 Å². The van der Waals surface area contributed by atoms with Gasteiger partial charge in [-0.05, 0) is 19.3 Å². The van der Waals surface area contributed by atoms with Crippen molar-refractivity contribution < 1.29 is 4.74 Å². The van der Waals surface area contributed by atoms with Crippen molar-refractivity contribution in [2.75, 3.05) is 6.61 Å². The van der Waals surface area contributed by atoms with Gasteiger partial charge in [-0.2, -0.15) is 9.36 Å². The second-order valence-corrected chi connectivity index (χ2v) is 14.1. The van der Waals surface area contributed by atoms with Gasteiger partial charge in [-0.1, -0.05) is 81.2 Å². The van der Waals surface area contributed by atoms with Crippen LogP contribution in [0.15, 0.2) is 10.1 Å². The van der Waals surface area contributed by atoms with Crippen LogP contribution in [0.1, 0.15) is 19.2 Å². The average Bonchev–Trinajstić information content (AvgIpc) is 3.29. The van der Waals surface area contributed by atoms with Gasteiger partial charge in [0.05, 0.1) is 27.4 Å². The Morgan fingerprint density at radius 2 is 1.63 bits per heavy atom. The van der Waals surface area contributed by atoms with E-state index in [1.807, 2.05) is 6.92 Å². The van der Waals surface area contributed by atoms with Crippen LogP contribution in [0.25, 0.3) is 0 Å². The minimum Gasteiger partial charge on any atom is -0.469 e. The number of hydrogen-bond donors (Lipinski definition) is 0. The molecule has 1 aromatic heterocycles. The zero-order chi connectivity index (χ0) is 22.9. The van der Waals surface area contributed by atoms with Crippen molar-refractivity contribution in [3.05, 3.63) is 15.9 Å². The first-order valence-corrected chi connectivity index (χ1v) is 13.3. The van der Waals surface area contributed by atoms with Crippen molar-refractivity contribution in [2.45, 2.75) is 42.0 Å². The van der Waals surface area contributed by atoms with Gasteiger partial charge in [0.1, 0.15) is 9.75 Å². The molecule has 2 saturated carbocycles. The molecule has 0 saturated heterocycles. The van der Waals surface area contributed by atoms with E-state index in [9.17, 15) is 0 Å². The van der Waals surface area contributed by atoms with Crippen LogP contribution in [-0.4, -0.2) is 40.8 Å². The second-order valence-electron chi connectivity index (χ2n) is 6.77. The first kappa shape index (κ1) is 26.9. The lowest BCUT2D eigenvalue weighted by molar-refractivity contribution is 0.337. The third-order valence-corrected chi connectivity index (χ3v) is 11.9. The van der Waals surface area contributed by atoms with E-state index in [1.165, 1.54) is 0 Å². The van der Waals surface area contributed by atoms with Crippen molar-refractivity contribution >= 4 is 139 Å². The number of rotatable bonds is 2. The number of allylic oxidation sites excluding steroid dienone is 2. The number of ether oxygens (including phenoxy) is 1. The summed E-state index contributed by atoms with van der Waals surface area (Å²) in [5.74, 6) is -0.335. The zero-order valence-electron chi connectivity index (χ0n) is 14.6. The molecule has 1 heterocycles. The minimum atomic E-state index is -1.56. The van der Waals surface area contributed by atoms with Crippen LogP contribution in [0, 0.1) is 11.8 Å². The topological polar surface area (TPSA) is 35.0 Å². The highest BCUT2D eigenvalue weighted by molar-refractivity contribution is 7.07. The van der Waals surface area contributed by atoms with Crippen molar-refractivity contribution in [2.24, 2.45) is 11.8 Å². The molecule has 15 heteroatoms. The number of nitrogens with zero attached hydrogens (tertiary/aromatic N) is 2. The van der Waals surface area contributed by atoms with E-state index in [0.29, 0.717) is 18.2 Å². The second kappa shape index (κ2) is 9.06. The number of alkyl halides is 9. The van der Waals surface area contributed by atoms with E-state index in [1.54, 1.807) is 0 Å². The highest BCUT2D eigenvalue weighted by Crippen LogP contribution is 2.79. The monoisotopic (exact) mass is 652 g/mol. The molecule has 2 bridgehead atoms. The molecular weight excluding hydrogens is 646 g/mol. The number of aromatic nitrogens is 2. The Bertz CT molecular complexity index is 858. The summed E-state index contributed by atoms with van der Waals surface area (Å²) in [7, 11) is 0. The first-order valence-electron chi connectivity index (χ1n) is 8.29. The lowest BCUT2D eigenvalue weighted by Gasteiger charge is -2.35. The molecule has 3 nitrogen and oxygen atoms in total. The normalized spacial score (nSPS) is 39.1. The lowest BCUT2D eigenvalue weighted by atomic mass is 9.84. The SMILES string of the molecule is CCOc1nc(C(Cl)(Cl)Cl)ns1.ClC1=C(Cl)C2(Cl)C3C(Cl)C(Cl)CC3C1(Cl)C2(Cl)Cl. The molecule has 30 heavy (non-hydrogen) atoms. The molecular formula is C15H11Cl11N2OS. The maximum Gasteiger partial charge on any atom is 0.293 e. The standard InChI is InChI=1S/C10H6Cl8.C5H5Cl3N2OS/c11-3-1-2-4(5(3)12)9(16)7(14)6(13)8(2,15)10(9,17)18;1-2-11-4-9-3(10-12-4)5(6,7)8/h2-5H,1H2;2H2,1H3. The third kappa shape index (κ3) is 3.84. The van der Waals surface area contributed by atoms with Crippen molar-refractivity contribution in [3.8, 4) is 5.19 Å². The lowest BCUT2D eigenvalue weighted by Crippen LogP contribution is -2.47. The average molecular weight is 657 g/mol. The number of hydrogen-bond acceptors (Lipinski definition) is 4. The Balaban J connectivity index is 0.000000187. The van der Waals surface area contributed by atoms with E-state index < -0.39 is 23.3 Å². The zero-order valence-corrected chi connectivity index (χ0v) is 23.7. The molecule has 0 aliphatic heterocycles. The van der Waals surface area contributed by atoms with E-state index in [4.69, 9.17) is 132 Å². The molecule has 3 aliphatic rings. The third-order valence-electron chi connectivity index (χ3n) is 5.25. The molecule has 2 fully saturated rings. The summed E-state index contributed by atoms with van der Waals surface area (Å²) in [6.45, 7) is 2.37. The highest BCUT2D eigenvalue weighted by atomic mass is 35.6. The number of halogens is 11. The van der Waals surface area contributed by atoms with Gasteiger partial charge in [-0.25, -0.2) is 0 Å². The van der Waals surface area contributed by atoms with Gasteiger partial charge in [-0.15, -0.1) is 46.4 Å². The molecule has 0 radical (unpaired) electrons. The van der Waals surface area contributed by atoms with Gasteiger partial charge in [0.15, 0.2) is 10.2 Å². The summed E-state index contributed by atoms with van der Waals surface area (Å²) in [4.78, 5) is 1.36. The predicted molar refractivity (Wildman–Crippen MR) is 132 cm³/mol. The Hall–Kier alpha value is 2.29. The maximum absolute atomic E-state index is 6.62. The van der Waals surface area contributed by atoms with Crippen LogP contribution in [0.5, 0.6) is 5.19 Å². The van der Waals surface area contributed by atoms with E-state index in [-0.39, 0.29) is 33.1 Å². The van der Waals surface area contributed by atoms with Crippen LogP contribution in [0.2, 0.25) is 0 Å². The Kier molecular flexibility index (Phi) is 8.12. The molecule has 1 aromatic rings. The van der Waals surface area contributed by atoms with Gasteiger partial charge in [0.2, 0.25) is 0 Å². The van der Waals surface area contributed by atoms with Gasteiger partial charge in [0, 0.05) is 17.5 Å². The predicted octanol–water partition coefficient (Wildman–Crippen LogP) is 8.45. The summed E-state index contributed by atoms with van der Waals surface area (Å²) in [6.07, 6.45) is 0.555. The summed E-state index contributed by atoms with van der Waals surface area (Å²) < 4.78 is 5.80. The molecule has 0 N–H and O–H groups in total. The van der Waals surface area contributed by atoms with Crippen LogP contribution in [0.4, 0.5) is 0 Å². The van der Waals surface area contributed by atoms with Gasteiger partial charge in [-0.3, -0.25) is 0 Å². The molecule has 4 rings (SSSR count).